The van der Waals surface area contributed by atoms with Crippen LogP contribution < -0.4 is 5.32 Å². The largest absolute Gasteiger partial charge is 0.353 e. The summed E-state index contributed by atoms with van der Waals surface area (Å²) in [5.74, 6) is -0.354. The van der Waals surface area contributed by atoms with Crippen molar-refractivity contribution in [1.82, 2.24) is 15.1 Å². The van der Waals surface area contributed by atoms with E-state index in [1.54, 1.807) is 36.5 Å². The van der Waals surface area contributed by atoms with E-state index in [0.29, 0.717) is 6.04 Å². The minimum atomic E-state index is -3.41. The van der Waals surface area contributed by atoms with Crippen LogP contribution in [0.3, 0.4) is 0 Å². The fraction of sp³-hybridized carbons (Fsp3) is 0.444. The smallest absolute Gasteiger partial charge is 0.221 e. The molecule has 1 aliphatic carbocycles. The topological polar surface area (TPSA) is 81.1 Å². The number of benzene rings is 1. The number of sulfone groups is 1. The van der Waals surface area contributed by atoms with E-state index in [2.05, 4.69) is 10.4 Å². The van der Waals surface area contributed by atoms with Gasteiger partial charge in [-0.25, -0.2) is 8.42 Å². The molecule has 1 aliphatic rings. The van der Waals surface area contributed by atoms with Crippen molar-refractivity contribution in [3.8, 4) is 0 Å². The highest BCUT2D eigenvalue weighted by Gasteiger charge is 2.24. The molecule has 1 fully saturated rings. The molecule has 0 saturated heterocycles. The van der Waals surface area contributed by atoms with E-state index in [1.165, 1.54) is 0 Å². The summed E-state index contributed by atoms with van der Waals surface area (Å²) >= 11 is 0. The van der Waals surface area contributed by atoms with Crippen molar-refractivity contribution < 1.29 is 13.2 Å². The molecule has 0 spiro atoms. The first-order valence-electron chi connectivity index (χ1n) is 8.61. The fourth-order valence-electron chi connectivity index (χ4n) is 3.25. The third-order valence-corrected chi connectivity index (χ3v) is 6.39. The van der Waals surface area contributed by atoms with Gasteiger partial charge in [0.1, 0.15) is 0 Å². The summed E-state index contributed by atoms with van der Waals surface area (Å²) in [5, 5.41) is 7.25. The maximum atomic E-state index is 12.2. The van der Waals surface area contributed by atoms with E-state index in [4.69, 9.17) is 0 Å². The number of hydrogen-bond donors (Lipinski definition) is 1. The van der Waals surface area contributed by atoms with E-state index in [-0.39, 0.29) is 29.0 Å². The van der Waals surface area contributed by atoms with Gasteiger partial charge in [0.15, 0.2) is 9.84 Å². The number of aromatic nitrogens is 2. The van der Waals surface area contributed by atoms with Crippen LogP contribution in [0.2, 0.25) is 0 Å². The number of carbonyl (C=O) groups is 1. The molecule has 1 N–H and O–H groups in total. The van der Waals surface area contributed by atoms with Crippen molar-refractivity contribution in [2.45, 2.75) is 49.1 Å². The maximum absolute atomic E-state index is 12.2. The Bertz CT molecular complexity index is 780. The number of hydrogen-bond acceptors (Lipinski definition) is 4. The first-order chi connectivity index (χ1) is 12.0. The van der Waals surface area contributed by atoms with Crippen LogP contribution in [-0.4, -0.2) is 35.9 Å². The Labute approximate surface area is 148 Å². The van der Waals surface area contributed by atoms with Gasteiger partial charge in [-0.15, -0.1) is 0 Å². The van der Waals surface area contributed by atoms with Gasteiger partial charge in [0.05, 0.1) is 16.7 Å². The van der Waals surface area contributed by atoms with Crippen molar-refractivity contribution in [2.24, 2.45) is 0 Å². The summed E-state index contributed by atoms with van der Waals surface area (Å²) in [4.78, 5) is 12.4. The summed E-state index contributed by atoms with van der Waals surface area (Å²) in [6.45, 7) is 0. The molecule has 6 nitrogen and oxygen atoms in total. The van der Waals surface area contributed by atoms with Crippen LogP contribution in [0.25, 0.3) is 0 Å². The van der Waals surface area contributed by atoms with Crippen LogP contribution in [0.1, 0.15) is 38.1 Å². The molecule has 1 amide bonds. The van der Waals surface area contributed by atoms with Gasteiger partial charge in [-0.1, -0.05) is 18.2 Å². The third-order valence-electron chi connectivity index (χ3n) is 4.66. The van der Waals surface area contributed by atoms with E-state index < -0.39 is 9.84 Å². The minimum absolute atomic E-state index is 0.00366. The van der Waals surface area contributed by atoms with Crippen molar-refractivity contribution in [1.29, 1.82) is 0 Å². The fourth-order valence-corrected chi connectivity index (χ4v) is 4.52. The predicted octanol–water partition coefficient (Wildman–Crippen LogP) is 2.35. The number of rotatable bonds is 6. The lowest BCUT2D eigenvalue weighted by atomic mass is 9.91. The van der Waals surface area contributed by atoms with Crippen molar-refractivity contribution in [3.05, 3.63) is 48.8 Å². The van der Waals surface area contributed by atoms with Crippen LogP contribution in [-0.2, 0) is 14.6 Å². The van der Waals surface area contributed by atoms with E-state index in [1.807, 2.05) is 16.9 Å². The highest BCUT2D eigenvalue weighted by atomic mass is 32.2. The van der Waals surface area contributed by atoms with E-state index >= 15 is 0 Å². The first-order valence-corrected chi connectivity index (χ1v) is 10.3. The van der Waals surface area contributed by atoms with Gasteiger partial charge in [0, 0.05) is 24.9 Å². The molecular formula is C18H23N3O3S. The lowest BCUT2D eigenvalue weighted by Crippen LogP contribution is -2.38. The summed E-state index contributed by atoms with van der Waals surface area (Å²) in [5.41, 5.74) is 0. The van der Waals surface area contributed by atoms with Gasteiger partial charge in [-0.3, -0.25) is 9.48 Å². The second kappa shape index (κ2) is 7.82. The molecule has 0 aliphatic heterocycles. The molecule has 2 aromatic rings. The Balaban J connectivity index is 1.44. The standard InChI is InChI=1S/C18H23N3O3S/c22-18(11-14-25(23,24)17-5-2-1-3-6-17)20-15-7-9-16(10-8-15)21-13-4-12-19-21/h1-6,12-13,15-16H,7-11,14H2,(H,20,22). The molecule has 1 saturated carbocycles. The lowest BCUT2D eigenvalue weighted by molar-refractivity contribution is -0.121. The summed E-state index contributed by atoms with van der Waals surface area (Å²) in [6, 6.07) is 10.7. The second-order valence-electron chi connectivity index (χ2n) is 6.44. The normalized spacial score (nSPS) is 21.0. The van der Waals surface area contributed by atoms with Crippen molar-refractivity contribution in [2.75, 3.05) is 5.75 Å². The molecule has 1 heterocycles. The van der Waals surface area contributed by atoms with Gasteiger partial charge >= 0.3 is 0 Å². The van der Waals surface area contributed by atoms with Crippen molar-refractivity contribution >= 4 is 15.7 Å². The number of nitrogens with one attached hydrogen (secondary N) is 1. The molecule has 25 heavy (non-hydrogen) atoms. The maximum Gasteiger partial charge on any atom is 0.221 e. The predicted molar refractivity (Wildman–Crippen MR) is 94.8 cm³/mol. The highest BCUT2D eigenvalue weighted by molar-refractivity contribution is 7.91. The Morgan fingerprint density at radius 1 is 1.12 bits per heavy atom. The molecule has 0 unspecified atom stereocenters. The quantitative estimate of drug-likeness (QED) is 0.856. The lowest BCUT2D eigenvalue weighted by Gasteiger charge is -2.29. The van der Waals surface area contributed by atoms with Crippen molar-refractivity contribution in [3.63, 3.8) is 0 Å². The van der Waals surface area contributed by atoms with Gasteiger partial charge in [0.25, 0.3) is 0 Å². The molecule has 1 aromatic heterocycles. The molecule has 0 atom stereocenters. The van der Waals surface area contributed by atoms with Crippen LogP contribution in [0.5, 0.6) is 0 Å². The average Bonchev–Trinajstić information content (AvgIpc) is 3.16. The van der Waals surface area contributed by atoms with Gasteiger partial charge in [-0.05, 0) is 43.9 Å². The van der Waals surface area contributed by atoms with Crippen LogP contribution >= 0.6 is 0 Å². The molecule has 7 heteroatoms. The number of amides is 1. The summed E-state index contributed by atoms with van der Waals surface area (Å²) < 4.78 is 26.4. The first kappa shape index (κ1) is 17.7. The molecule has 134 valence electrons. The van der Waals surface area contributed by atoms with Gasteiger partial charge in [0.2, 0.25) is 5.91 Å². The Morgan fingerprint density at radius 3 is 2.48 bits per heavy atom. The van der Waals surface area contributed by atoms with Crippen LogP contribution in [0.15, 0.2) is 53.7 Å². The Hall–Kier alpha value is -2.15. The zero-order valence-corrected chi connectivity index (χ0v) is 14.9. The summed E-state index contributed by atoms with van der Waals surface area (Å²) in [6.07, 6.45) is 7.46. The van der Waals surface area contributed by atoms with Crippen LogP contribution in [0, 0.1) is 0 Å². The monoisotopic (exact) mass is 361 g/mol. The third kappa shape index (κ3) is 4.69. The molecular weight excluding hydrogens is 338 g/mol. The molecule has 0 radical (unpaired) electrons. The highest BCUT2D eigenvalue weighted by Crippen LogP contribution is 2.27. The number of nitrogens with zero attached hydrogens (tertiary/aromatic N) is 2. The SMILES string of the molecule is O=C(CCS(=O)(=O)c1ccccc1)NC1CCC(n2cccn2)CC1. The zero-order chi connectivity index (χ0) is 17.7. The minimum Gasteiger partial charge on any atom is -0.353 e. The average molecular weight is 361 g/mol. The molecule has 0 bridgehead atoms. The second-order valence-corrected chi connectivity index (χ2v) is 8.55. The Kier molecular flexibility index (Phi) is 5.53. The van der Waals surface area contributed by atoms with Gasteiger partial charge < -0.3 is 5.32 Å². The van der Waals surface area contributed by atoms with Gasteiger partial charge in [-0.2, -0.15) is 5.10 Å². The Morgan fingerprint density at radius 2 is 1.84 bits per heavy atom. The molecule has 3 rings (SSSR count). The zero-order valence-electron chi connectivity index (χ0n) is 14.0. The van der Waals surface area contributed by atoms with Crippen LogP contribution in [0.4, 0.5) is 0 Å². The number of carbonyl (C=O) groups excluding carboxylic acids is 1. The van der Waals surface area contributed by atoms with E-state index in [0.717, 1.165) is 25.7 Å². The van der Waals surface area contributed by atoms with E-state index in [9.17, 15) is 13.2 Å². The molecule has 1 aromatic carbocycles. The summed E-state index contributed by atoms with van der Waals surface area (Å²) in [7, 11) is -3.41.